The van der Waals surface area contributed by atoms with Gasteiger partial charge in [-0.2, -0.15) is 0 Å². The number of anilines is 1. The van der Waals surface area contributed by atoms with E-state index in [1.54, 1.807) is 24.3 Å². The fraction of sp³-hybridized carbons (Fsp3) is 0.391. The van der Waals surface area contributed by atoms with Crippen molar-refractivity contribution in [1.29, 1.82) is 0 Å². The smallest absolute Gasteiger partial charge is 0.273 e. The van der Waals surface area contributed by atoms with Gasteiger partial charge in [-0.1, -0.05) is 24.3 Å². The molecule has 5 rings (SSSR count). The van der Waals surface area contributed by atoms with Gasteiger partial charge in [0.05, 0.1) is 22.3 Å². The zero-order valence-corrected chi connectivity index (χ0v) is 18.3. The zero-order chi connectivity index (χ0) is 21.2. The molecule has 3 aromatic rings. The maximum absolute atomic E-state index is 12.6. The summed E-state index contributed by atoms with van der Waals surface area (Å²) in [4.78, 5) is 28.7. The molecule has 0 bridgehead atoms. The van der Waals surface area contributed by atoms with E-state index in [2.05, 4.69) is 44.3 Å². The van der Waals surface area contributed by atoms with E-state index >= 15 is 0 Å². The number of fused-ring (bicyclic) bond motifs is 2. The summed E-state index contributed by atoms with van der Waals surface area (Å²) in [5.74, 6) is 0.998. The molecule has 1 aromatic heterocycles. The van der Waals surface area contributed by atoms with E-state index < -0.39 is 0 Å². The first kappa shape index (κ1) is 20.4. The highest BCUT2D eigenvalue weighted by Gasteiger charge is 2.27. The summed E-state index contributed by atoms with van der Waals surface area (Å²) in [6, 6.07) is 15.6. The molecule has 0 saturated carbocycles. The van der Waals surface area contributed by atoms with Crippen molar-refractivity contribution in [1.82, 2.24) is 19.7 Å². The van der Waals surface area contributed by atoms with Gasteiger partial charge in [-0.3, -0.25) is 19.7 Å². The maximum Gasteiger partial charge on any atom is 0.273 e. The van der Waals surface area contributed by atoms with Crippen LogP contribution in [-0.2, 0) is 6.54 Å². The lowest BCUT2D eigenvalue weighted by atomic mass is 10.2. The van der Waals surface area contributed by atoms with Crippen molar-refractivity contribution in [2.45, 2.75) is 24.3 Å². The highest BCUT2D eigenvalue weighted by Crippen LogP contribution is 2.39. The Morgan fingerprint density at radius 2 is 1.55 bits per heavy atom. The minimum absolute atomic E-state index is 0.118. The second kappa shape index (κ2) is 8.90. The van der Waals surface area contributed by atoms with Gasteiger partial charge in [-0.05, 0) is 43.7 Å². The second-order valence-corrected chi connectivity index (χ2v) is 9.07. The van der Waals surface area contributed by atoms with Gasteiger partial charge in [0, 0.05) is 37.6 Å². The minimum Gasteiger partial charge on any atom is -0.301 e. The predicted molar refractivity (Wildman–Crippen MR) is 126 cm³/mol. The van der Waals surface area contributed by atoms with Gasteiger partial charge >= 0.3 is 0 Å². The van der Waals surface area contributed by atoms with E-state index in [1.165, 1.54) is 15.3 Å². The quantitative estimate of drug-likeness (QED) is 0.598. The highest BCUT2D eigenvalue weighted by atomic mass is 32.2. The molecule has 2 aromatic carbocycles. The molecule has 8 heteroatoms. The number of hydrogen-bond donors (Lipinski definition) is 1. The average molecular weight is 438 g/mol. The van der Waals surface area contributed by atoms with Gasteiger partial charge < -0.3 is 4.90 Å². The fourth-order valence-corrected chi connectivity index (χ4v) is 5.50. The van der Waals surface area contributed by atoms with Gasteiger partial charge in [0.15, 0.2) is 0 Å². The van der Waals surface area contributed by atoms with Crippen molar-refractivity contribution >= 4 is 28.2 Å². The highest BCUT2D eigenvalue weighted by molar-refractivity contribution is 7.99. The first-order valence-electron chi connectivity index (χ1n) is 10.9. The van der Waals surface area contributed by atoms with E-state index in [-0.39, 0.29) is 11.1 Å². The average Bonchev–Trinajstić information content (AvgIpc) is 3.24. The van der Waals surface area contributed by atoms with E-state index in [4.69, 9.17) is 0 Å². The molecule has 2 aliphatic heterocycles. The van der Waals surface area contributed by atoms with Crippen molar-refractivity contribution in [3.8, 4) is 0 Å². The summed E-state index contributed by atoms with van der Waals surface area (Å²) < 4.78 is 1.46. The topological polar surface area (TPSA) is 64.6 Å². The summed E-state index contributed by atoms with van der Waals surface area (Å²) >= 11 is 1.91. The molecular weight excluding hydrogens is 410 g/mol. The summed E-state index contributed by atoms with van der Waals surface area (Å²) in [6.07, 6.45) is 1.87. The number of thioether (sulfide) groups is 1. The molecule has 2 aliphatic rings. The Morgan fingerprint density at radius 3 is 2.39 bits per heavy atom. The first-order valence-corrected chi connectivity index (χ1v) is 11.9. The monoisotopic (exact) mass is 437 g/mol. The van der Waals surface area contributed by atoms with E-state index in [9.17, 15) is 9.59 Å². The molecule has 31 heavy (non-hydrogen) atoms. The van der Waals surface area contributed by atoms with Crippen molar-refractivity contribution in [2.24, 2.45) is 0 Å². The van der Waals surface area contributed by atoms with Crippen LogP contribution < -0.4 is 16.1 Å². The van der Waals surface area contributed by atoms with Crippen LogP contribution in [0, 0.1) is 0 Å². The molecule has 0 unspecified atom stereocenters. The lowest BCUT2D eigenvalue weighted by molar-refractivity contribution is 0.124. The summed E-state index contributed by atoms with van der Waals surface area (Å²) in [5.41, 5.74) is 1.01. The first-order chi connectivity index (χ1) is 15.2. The summed E-state index contributed by atoms with van der Waals surface area (Å²) in [7, 11) is 0. The summed E-state index contributed by atoms with van der Waals surface area (Å²) in [6.45, 7) is 5.73. The molecule has 7 nitrogen and oxygen atoms in total. The molecule has 162 valence electrons. The Balaban J connectivity index is 1.11. The van der Waals surface area contributed by atoms with Gasteiger partial charge in [0.25, 0.3) is 11.1 Å². The molecule has 0 radical (unpaired) electrons. The number of para-hydroxylation sites is 1. The van der Waals surface area contributed by atoms with Crippen molar-refractivity contribution in [2.75, 3.05) is 43.6 Å². The fourth-order valence-electron chi connectivity index (χ4n) is 4.44. The number of rotatable bonds is 6. The molecular formula is C23H27N5O2S. The van der Waals surface area contributed by atoms with Crippen LogP contribution in [0.15, 0.2) is 63.0 Å². The van der Waals surface area contributed by atoms with Crippen LogP contribution in [0.2, 0.25) is 0 Å². The van der Waals surface area contributed by atoms with Crippen LogP contribution in [0.3, 0.4) is 0 Å². The number of nitrogens with zero attached hydrogens (tertiary/aromatic N) is 4. The number of aromatic amines is 1. The van der Waals surface area contributed by atoms with Crippen LogP contribution in [0.4, 0.5) is 5.69 Å². The van der Waals surface area contributed by atoms with Crippen LogP contribution in [0.5, 0.6) is 0 Å². The third-order valence-electron chi connectivity index (χ3n) is 6.17. The van der Waals surface area contributed by atoms with Crippen molar-refractivity contribution in [3.05, 3.63) is 69.2 Å². The minimum atomic E-state index is -0.201. The number of hydrazine groups is 1. The Morgan fingerprint density at radius 1 is 0.839 bits per heavy atom. The number of aromatic nitrogens is 2. The van der Waals surface area contributed by atoms with E-state index in [1.807, 2.05) is 11.8 Å². The lowest BCUT2D eigenvalue weighted by Crippen LogP contribution is -2.53. The number of H-pyrrole nitrogens is 1. The number of aryl methyl sites for hydroxylation is 1. The largest absolute Gasteiger partial charge is 0.301 e. The van der Waals surface area contributed by atoms with E-state index in [0.717, 1.165) is 51.4 Å². The lowest BCUT2D eigenvalue weighted by Gasteiger charge is -2.40. The molecule has 3 heterocycles. The molecule has 0 atom stereocenters. The normalized spacial score (nSPS) is 17.4. The number of hydrogen-bond acceptors (Lipinski definition) is 6. The van der Waals surface area contributed by atoms with Gasteiger partial charge in [-0.25, -0.2) is 9.69 Å². The number of benzene rings is 2. The van der Waals surface area contributed by atoms with E-state index in [0.29, 0.717) is 17.3 Å². The van der Waals surface area contributed by atoms with Crippen LogP contribution in [0.25, 0.3) is 10.8 Å². The maximum atomic E-state index is 12.6. The van der Waals surface area contributed by atoms with Crippen molar-refractivity contribution in [3.63, 3.8) is 0 Å². The molecule has 1 saturated heterocycles. The Labute approximate surface area is 185 Å². The molecule has 1 N–H and O–H groups in total. The third kappa shape index (κ3) is 4.15. The van der Waals surface area contributed by atoms with Crippen molar-refractivity contribution < 1.29 is 0 Å². The Bertz CT molecular complexity index is 1180. The molecule has 0 aliphatic carbocycles. The van der Waals surface area contributed by atoms with Gasteiger partial charge in [-0.15, -0.1) is 11.8 Å². The Kier molecular flexibility index (Phi) is 5.85. The number of piperazine rings is 1. The predicted octanol–water partition coefficient (Wildman–Crippen LogP) is 2.57. The molecule has 1 fully saturated rings. The van der Waals surface area contributed by atoms with Crippen LogP contribution >= 0.6 is 11.8 Å². The zero-order valence-electron chi connectivity index (χ0n) is 17.5. The van der Waals surface area contributed by atoms with Crippen LogP contribution in [-0.4, -0.2) is 58.3 Å². The second-order valence-electron chi connectivity index (χ2n) is 8.09. The Hall–Kier alpha value is -2.55. The SMILES string of the molecule is O=c1[nH]n(CCCCN2CCN(N3CSc4ccccc43)CC2)c(=O)c2ccccc12. The third-order valence-corrected chi connectivity index (χ3v) is 7.20. The standard InChI is InChI=1S/C23H27N5O2S/c29-22-18-7-1-2-8-19(18)23(30)27(24-22)12-6-5-11-25-13-15-26(16-14-25)28-17-31-21-10-4-3-9-20(21)28/h1-4,7-10H,5-6,11-17H2,(H,24,29). The van der Waals surface area contributed by atoms with Gasteiger partial charge in [0.2, 0.25) is 0 Å². The van der Waals surface area contributed by atoms with Gasteiger partial charge in [0.1, 0.15) is 0 Å². The molecule has 0 spiro atoms. The molecule has 0 amide bonds. The number of nitrogens with one attached hydrogen (secondary N) is 1. The number of unbranched alkanes of at least 4 members (excludes halogenated alkanes) is 1. The summed E-state index contributed by atoms with van der Waals surface area (Å²) in [5, 5.41) is 8.56. The van der Waals surface area contributed by atoms with Crippen LogP contribution in [0.1, 0.15) is 12.8 Å².